The average Bonchev–Trinajstić information content (AvgIpc) is 3.20. The molecule has 1 aliphatic heterocycles. The van der Waals surface area contributed by atoms with Crippen LogP contribution in [0.2, 0.25) is 0 Å². The maximum absolute atomic E-state index is 13.1. The van der Waals surface area contributed by atoms with Crippen LogP contribution in [0.15, 0.2) is 53.4 Å². The number of hydrogen-bond acceptors (Lipinski definition) is 5. The summed E-state index contributed by atoms with van der Waals surface area (Å²) in [7, 11) is -3.59. The minimum absolute atomic E-state index is 0.0151. The second-order valence-electron chi connectivity index (χ2n) is 7.92. The highest BCUT2D eigenvalue weighted by Crippen LogP contribution is 2.26. The van der Waals surface area contributed by atoms with Gasteiger partial charge in [0, 0.05) is 31.1 Å². The first kappa shape index (κ1) is 21.9. The number of carbonyl (C=O) groups is 1. The molecule has 1 N–H and O–H groups in total. The Morgan fingerprint density at radius 1 is 1.19 bits per heavy atom. The molecule has 6 nitrogen and oxygen atoms in total. The number of hydrogen-bond donors (Lipinski definition) is 1. The molecular formula is C23H27N3O3S2. The van der Waals surface area contributed by atoms with Crippen molar-refractivity contribution in [3.05, 3.63) is 59.1 Å². The van der Waals surface area contributed by atoms with Gasteiger partial charge in [-0.3, -0.25) is 4.79 Å². The molecule has 164 valence electrons. The first-order chi connectivity index (χ1) is 14.9. The van der Waals surface area contributed by atoms with Crippen molar-refractivity contribution in [2.24, 2.45) is 0 Å². The topological polar surface area (TPSA) is 79.4 Å². The third kappa shape index (κ3) is 4.97. The largest absolute Gasteiger partial charge is 0.352 e. The number of aryl methyl sites for hydroxylation is 1. The number of fused-ring (bicyclic) bond motifs is 1. The van der Waals surface area contributed by atoms with Crippen molar-refractivity contribution < 1.29 is 13.2 Å². The summed E-state index contributed by atoms with van der Waals surface area (Å²) in [6.07, 6.45) is 4.36. The molecule has 0 radical (unpaired) electrons. The fourth-order valence-corrected chi connectivity index (χ4v) is 6.69. The first-order valence-electron chi connectivity index (χ1n) is 10.7. The normalized spacial score (nSPS) is 17.6. The molecule has 4 rings (SSSR count). The zero-order chi connectivity index (χ0) is 21.8. The third-order valence-corrected chi connectivity index (χ3v) is 8.74. The van der Waals surface area contributed by atoms with E-state index in [1.54, 1.807) is 33.8 Å². The molecule has 3 aromatic rings. The number of nitrogens with zero attached hydrogens (tertiary/aromatic N) is 2. The zero-order valence-corrected chi connectivity index (χ0v) is 19.2. The van der Waals surface area contributed by atoms with Gasteiger partial charge in [0.1, 0.15) is 0 Å². The number of thiazole rings is 1. The zero-order valence-electron chi connectivity index (χ0n) is 17.6. The summed E-state index contributed by atoms with van der Waals surface area (Å²) in [5.74, 6) is -0.256. The molecule has 31 heavy (non-hydrogen) atoms. The van der Waals surface area contributed by atoms with E-state index in [2.05, 4.69) is 16.4 Å². The Morgan fingerprint density at radius 3 is 2.84 bits per heavy atom. The standard InChI is InChI=1S/C23H27N3O3S2/c1-17-8-4-5-15-26(17)31(28,29)19-10-6-9-18(16-19)23(27)24-14-7-13-22-25-20-11-2-3-12-21(20)30-22/h2-3,6,9-12,16-17H,4-5,7-8,13-15H2,1H3,(H,24,27). The average molecular weight is 458 g/mol. The van der Waals surface area contributed by atoms with Gasteiger partial charge < -0.3 is 5.32 Å². The predicted octanol–water partition coefficient (Wildman–Crippen LogP) is 4.22. The second-order valence-corrected chi connectivity index (χ2v) is 10.9. The molecule has 1 unspecified atom stereocenters. The Morgan fingerprint density at radius 2 is 2.03 bits per heavy atom. The molecule has 1 amide bonds. The van der Waals surface area contributed by atoms with Crippen molar-refractivity contribution in [1.82, 2.24) is 14.6 Å². The number of piperidine rings is 1. The SMILES string of the molecule is CC1CCCCN1S(=O)(=O)c1cccc(C(=O)NCCCc2nc3ccccc3s2)c1. The molecule has 1 saturated heterocycles. The van der Waals surface area contributed by atoms with Crippen LogP contribution in [0.3, 0.4) is 0 Å². The van der Waals surface area contributed by atoms with Crippen LogP contribution in [-0.4, -0.2) is 42.7 Å². The van der Waals surface area contributed by atoms with Crippen LogP contribution in [-0.2, 0) is 16.4 Å². The van der Waals surface area contributed by atoms with Crippen molar-refractivity contribution >= 4 is 37.5 Å². The highest BCUT2D eigenvalue weighted by molar-refractivity contribution is 7.89. The van der Waals surface area contributed by atoms with Gasteiger partial charge in [-0.25, -0.2) is 13.4 Å². The smallest absolute Gasteiger partial charge is 0.251 e. The van der Waals surface area contributed by atoms with E-state index in [0.29, 0.717) is 18.7 Å². The molecular weight excluding hydrogens is 430 g/mol. The van der Waals surface area contributed by atoms with Crippen LogP contribution in [0.1, 0.15) is 48.0 Å². The Kier molecular flexibility index (Phi) is 6.69. The van der Waals surface area contributed by atoms with Crippen LogP contribution in [0.25, 0.3) is 10.2 Å². The quantitative estimate of drug-likeness (QED) is 0.539. The maximum Gasteiger partial charge on any atom is 0.251 e. The van der Waals surface area contributed by atoms with E-state index in [9.17, 15) is 13.2 Å². The van der Waals surface area contributed by atoms with Gasteiger partial charge in [-0.05, 0) is 56.5 Å². The number of para-hydroxylation sites is 1. The van der Waals surface area contributed by atoms with Crippen LogP contribution < -0.4 is 5.32 Å². The number of rotatable bonds is 7. The molecule has 0 bridgehead atoms. The van der Waals surface area contributed by atoms with Gasteiger partial charge in [0.2, 0.25) is 10.0 Å². The number of nitrogens with one attached hydrogen (secondary N) is 1. The minimum Gasteiger partial charge on any atom is -0.352 e. The highest BCUT2D eigenvalue weighted by atomic mass is 32.2. The van der Waals surface area contributed by atoms with Crippen LogP contribution in [0.5, 0.6) is 0 Å². The lowest BCUT2D eigenvalue weighted by molar-refractivity contribution is 0.0953. The summed E-state index contributed by atoms with van der Waals surface area (Å²) in [4.78, 5) is 17.4. The second kappa shape index (κ2) is 9.46. The van der Waals surface area contributed by atoms with E-state index >= 15 is 0 Å². The van der Waals surface area contributed by atoms with Gasteiger partial charge in [-0.1, -0.05) is 24.6 Å². The number of aromatic nitrogens is 1. The molecule has 8 heteroatoms. The molecule has 2 heterocycles. The lowest BCUT2D eigenvalue weighted by Crippen LogP contribution is -2.42. The summed E-state index contributed by atoms with van der Waals surface area (Å²) in [6, 6.07) is 14.4. The number of sulfonamides is 1. The molecule has 1 aliphatic rings. The van der Waals surface area contributed by atoms with Gasteiger partial charge in [-0.2, -0.15) is 4.31 Å². The molecule has 0 spiro atoms. The summed E-state index contributed by atoms with van der Waals surface area (Å²) >= 11 is 1.68. The fraction of sp³-hybridized carbons (Fsp3) is 0.391. The fourth-order valence-electron chi connectivity index (χ4n) is 3.93. The summed E-state index contributed by atoms with van der Waals surface area (Å²) < 4.78 is 28.8. The van der Waals surface area contributed by atoms with E-state index in [4.69, 9.17) is 0 Å². The monoisotopic (exact) mass is 457 g/mol. The predicted molar refractivity (Wildman–Crippen MR) is 124 cm³/mol. The lowest BCUT2D eigenvalue weighted by Gasteiger charge is -2.32. The summed E-state index contributed by atoms with van der Waals surface area (Å²) in [5.41, 5.74) is 1.37. The van der Waals surface area contributed by atoms with E-state index in [1.165, 1.54) is 10.8 Å². The van der Waals surface area contributed by atoms with Crippen molar-refractivity contribution in [3.63, 3.8) is 0 Å². The van der Waals surface area contributed by atoms with E-state index in [1.807, 2.05) is 25.1 Å². The Hall–Kier alpha value is -2.29. The maximum atomic E-state index is 13.1. The molecule has 1 aromatic heterocycles. The number of carbonyl (C=O) groups excluding carboxylic acids is 1. The van der Waals surface area contributed by atoms with E-state index in [-0.39, 0.29) is 16.8 Å². The van der Waals surface area contributed by atoms with Gasteiger partial charge in [0.25, 0.3) is 5.91 Å². The Balaban J connectivity index is 1.35. The first-order valence-corrected chi connectivity index (χ1v) is 13.0. The molecule has 1 atom stereocenters. The number of amides is 1. The lowest BCUT2D eigenvalue weighted by atomic mass is 10.1. The van der Waals surface area contributed by atoms with Gasteiger partial charge >= 0.3 is 0 Å². The van der Waals surface area contributed by atoms with Gasteiger partial charge in [0.15, 0.2) is 0 Å². The van der Waals surface area contributed by atoms with Crippen LogP contribution in [0.4, 0.5) is 0 Å². The summed E-state index contributed by atoms with van der Waals surface area (Å²) in [5, 5.41) is 3.95. The Labute approximate surface area is 187 Å². The van der Waals surface area contributed by atoms with Crippen molar-refractivity contribution in [2.45, 2.75) is 50.0 Å². The van der Waals surface area contributed by atoms with Crippen LogP contribution >= 0.6 is 11.3 Å². The highest BCUT2D eigenvalue weighted by Gasteiger charge is 2.31. The Bertz CT molecular complexity index is 1140. The third-order valence-electron chi connectivity index (χ3n) is 5.64. The van der Waals surface area contributed by atoms with E-state index < -0.39 is 10.0 Å². The summed E-state index contributed by atoms with van der Waals surface area (Å²) in [6.45, 7) is 2.99. The molecule has 0 saturated carbocycles. The molecule has 0 aliphatic carbocycles. The number of benzene rings is 2. The van der Waals surface area contributed by atoms with Crippen molar-refractivity contribution in [2.75, 3.05) is 13.1 Å². The molecule has 2 aromatic carbocycles. The van der Waals surface area contributed by atoms with Crippen molar-refractivity contribution in [1.29, 1.82) is 0 Å². The van der Waals surface area contributed by atoms with Crippen molar-refractivity contribution in [3.8, 4) is 0 Å². The van der Waals surface area contributed by atoms with Gasteiger partial charge in [-0.15, -0.1) is 11.3 Å². The van der Waals surface area contributed by atoms with Crippen LogP contribution in [0, 0.1) is 0 Å². The minimum atomic E-state index is -3.59. The van der Waals surface area contributed by atoms with E-state index in [0.717, 1.165) is 42.6 Å². The van der Waals surface area contributed by atoms with Gasteiger partial charge in [0.05, 0.1) is 20.1 Å². The molecule has 1 fully saturated rings.